The van der Waals surface area contributed by atoms with E-state index < -0.39 is 0 Å². The highest BCUT2D eigenvalue weighted by Crippen LogP contribution is 2.45. The Hall–Kier alpha value is -2.36. The summed E-state index contributed by atoms with van der Waals surface area (Å²) in [7, 11) is 0. The van der Waals surface area contributed by atoms with Gasteiger partial charge in [0.05, 0.1) is 0 Å². The fourth-order valence-electron chi connectivity index (χ4n) is 2.79. The van der Waals surface area contributed by atoms with Crippen molar-refractivity contribution in [2.24, 2.45) is 0 Å². The average molecular weight is 330 g/mol. The van der Waals surface area contributed by atoms with Crippen molar-refractivity contribution in [3.05, 3.63) is 35.4 Å². The van der Waals surface area contributed by atoms with Crippen molar-refractivity contribution >= 4 is 0 Å². The molecule has 0 radical (unpaired) electrons. The van der Waals surface area contributed by atoms with Gasteiger partial charge in [0.1, 0.15) is 23.0 Å². The van der Waals surface area contributed by atoms with Gasteiger partial charge in [-0.2, -0.15) is 0 Å². The van der Waals surface area contributed by atoms with Gasteiger partial charge in [0, 0.05) is 34.4 Å². The Kier molecular flexibility index (Phi) is 4.21. The number of benzene rings is 2. The van der Waals surface area contributed by atoms with E-state index in [1.807, 2.05) is 41.5 Å². The van der Waals surface area contributed by atoms with Crippen molar-refractivity contribution in [1.29, 1.82) is 0 Å². The molecule has 130 valence electrons. The largest absolute Gasteiger partial charge is 0.508 e. The third kappa shape index (κ3) is 3.28. The van der Waals surface area contributed by atoms with Gasteiger partial charge in [-0.25, -0.2) is 0 Å². The Balaban J connectivity index is 2.77. The van der Waals surface area contributed by atoms with Crippen LogP contribution in [-0.4, -0.2) is 20.4 Å². The fourth-order valence-corrected chi connectivity index (χ4v) is 2.79. The Morgan fingerprint density at radius 2 is 0.792 bits per heavy atom. The maximum atomic E-state index is 10.3. The SMILES string of the molecule is CC(C)(C)c1cc(-c2cc(C(C)(C)C)c(O)cc2O)c(O)cc1O. The third-order valence-electron chi connectivity index (χ3n) is 4.13. The summed E-state index contributed by atoms with van der Waals surface area (Å²) in [5.74, 6) is -0.223. The molecule has 2 aromatic rings. The lowest BCUT2D eigenvalue weighted by Gasteiger charge is -2.24. The van der Waals surface area contributed by atoms with Crippen molar-refractivity contribution in [2.45, 2.75) is 52.4 Å². The topological polar surface area (TPSA) is 80.9 Å². The van der Waals surface area contributed by atoms with E-state index in [1.165, 1.54) is 12.1 Å². The highest BCUT2D eigenvalue weighted by atomic mass is 16.3. The summed E-state index contributed by atoms with van der Waals surface area (Å²) in [5.41, 5.74) is 1.51. The van der Waals surface area contributed by atoms with Crippen molar-refractivity contribution in [3.63, 3.8) is 0 Å². The zero-order valence-corrected chi connectivity index (χ0v) is 15.1. The van der Waals surface area contributed by atoms with Crippen molar-refractivity contribution in [1.82, 2.24) is 0 Å². The second kappa shape index (κ2) is 5.62. The van der Waals surface area contributed by atoms with Gasteiger partial charge in [-0.3, -0.25) is 0 Å². The number of hydrogen-bond donors (Lipinski definition) is 4. The highest BCUT2D eigenvalue weighted by Gasteiger charge is 2.25. The molecule has 2 rings (SSSR count). The normalized spacial score (nSPS) is 12.4. The highest BCUT2D eigenvalue weighted by molar-refractivity contribution is 5.79. The Bertz CT molecular complexity index is 710. The zero-order valence-electron chi connectivity index (χ0n) is 15.1. The molecule has 0 saturated carbocycles. The molecule has 0 saturated heterocycles. The van der Waals surface area contributed by atoms with Crippen LogP contribution in [0.2, 0.25) is 0 Å². The van der Waals surface area contributed by atoms with Gasteiger partial charge >= 0.3 is 0 Å². The van der Waals surface area contributed by atoms with Crippen molar-refractivity contribution in [2.75, 3.05) is 0 Å². The van der Waals surface area contributed by atoms with Gasteiger partial charge < -0.3 is 20.4 Å². The molecule has 0 aromatic heterocycles. The molecule has 0 aliphatic heterocycles. The maximum absolute atomic E-state index is 10.3. The molecular formula is C20H26O4. The summed E-state index contributed by atoms with van der Waals surface area (Å²) in [5, 5.41) is 40.8. The van der Waals surface area contributed by atoms with E-state index in [0.29, 0.717) is 22.3 Å². The van der Waals surface area contributed by atoms with Crippen molar-refractivity contribution < 1.29 is 20.4 Å². The minimum Gasteiger partial charge on any atom is -0.508 e. The third-order valence-corrected chi connectivity index (χ3v) is 4.13. The maximum Gasteiger partial charge on any atom is 0.127 e. The molecule has 4 heteroatoms. The van der Waals surface area contributed by atoms with Crippen LogP contribution in [0.5, 0.6) is 23.0 Å². The Morgan fingerprint density at radius 3 is 1.04 bits per heavy atom. The minimum atomic E-state index is -0.327. The summed E-state index contributed by atoms with van der Waals surface area (Å²) in [6, 6.07) is 5.95. The first-order chi connectivity index (χ1) is 10.8. The van der Waals surface area contributed by atoms with Gasteiger partial charge in [0.2, 0.25) is 0 Å². The van der Waals surface area contributed by atoms with Crippen LogP contribution in [0.1, 0.15) is 52.7 Å². The summed E-state index contributed by atoms with van der Waals surface area (Å²) < 4.78 is 0. The summed E-state index contributed by atoms with van der Waals surface area (Å²) in [6.45, 7) is 11.8. The first-order valence-corrected chi connectivity index (χ1v) is 7.95. The molecule has 0 atom stereocenters. The van der Waals surface area contributed by atoms with Crippen LogP contribution in [-0.2, 0) is 10.8 Å². The van der Waals surface area contributed by atoms with E-state index in [-0.39, 0.29) is 33.8 Å². The van der Waals surface area contributed by atoms with Crippen LogP contribution in [0.3, 0.4) is 0 Å². The van der Waals surface area contributed by atoms with Gasteiger partial charge in [-0.05, 0) is 23.0 Å². The van der Waals surface area contributed by atoms with Gasteiger partial charge in [-0.1, -0.05) is 41.5 Å². The zero-order chi connectivity index (χ0) is 18.4. The molecule has 0 aliphatic rings. The predicted octanol–water partition coefficient (Wildman–Crippen LogP) is 4.77. The average Bonchev–Trinajstić information content (AvgIpc) is 2.36. The molecule has 4 N–H and O–H groups in total. The molecule has 24 heavy (non-hydrogen) atoms. The first-order valence-electron chi connectivity index (χ1n) is 7.95. The van der Waals surface area contributed by atoms with Crippen LogP contribution >= 0.6 is 0 Å². The molecule has 0 heterocycles. The van der Waals surface area contributed by atoms with Crippen LogP contribution < -0.4 is 0 Å². The lowest BCUT2D eigenvalue weighted by Crippen LogP contribution is -2.12. The lowest BCUT2D eigenvalue weighted by molar-refractivity contribution is 0.427. The number of phenols is 4. The summed E-state index contributed by atoms with van der Waals surface area (Å²) in [4.78, 5) is 0. The smallest absolute Gasteiger partial charge is 0.127 e. The lowest BCUT2D eigenvalue weighted by atomic mass is 9.82. The number of phenolic OH excluding ortho intramolecular Hbond substituents is 4. The minimum absolute atomic E-state index is 0.0121. The number of hydrogen-bond acceptors (Lipinski definition) is 4. The van der Waals surface area contributed by atoms with Gasteiger partial charge in [0.15, 0.2) is 0 Å². The van der Waals surface area contributed by atoms with E-state index in [4.69, 9.17) is 0 Å². The van der Waals surface area contributed by atoms with E-state index in [0.717, 1.165) is 0 Å². The second-order valence-electron chi connectivity index (χ2n) is 8.27. The molecule has 0 bridgehead atoms. The van der Waals surface area contributed by atoms with E-state index in [1.54, 1.807) is 12.1 Å². The molecule has 0 spiro atoms. The molecule has 0 unspecified atom stereocenters. The first kappa shape index (κ1) is 18.0. The summed E-state index contributed by atoms with van der Waals surface area (Å²) in [6.07, 6.45) is 0. The van der Waals surface area contributed by atoms with E-state index in [9.17, 15) is 20.4 Å². The molecule has 0 amide bonds. The Labute approximate surface area is 143 Å². The van der Waals surface area contributed by atoms with E-state index in [2.05, 4.69) is 0 Å². The molecule has 0 aliphatic carbocycles. The predicted molar refractivity (Wildman–Crippen MR) is 95.9 cm³/mol. The molecular weight excluding hydrogens is 304 g/mol. The van der Waals surface area contributed by atoms with Gasteiger partial charge in [0.25, 0.3) is 0 Å². The van der Waals surface area contributed by atoms with Gasteiger partial charge in [-0.15, -0.1) is 0 Å². The Morgan fingerprint density at radius 1 is 0.500 bits per heavy atom. The molecule has 2 aromatic carbocycles. The number of aromatic hydroxyl groups is 4. The molecule has 4 nitrogen and oxygen atoms in total. The monoisotopic (exact) mass is 330 g/mol. The quantitative estimate of drug-likeness (QED) is 0.607. The van der Waals surface area contributed by atoms with Crippen LogP contribution in [0.25, 0.3) is 11.1 Å². The van der Waals surface area contributed by atoms with Crippen LogP contribution in [0.4, 0.5) is 0 Å². The number of rotatable bonds is 1. The second-order valence-corrected chi connectivity index (χ2v) is 8.27. The summed E-state index contributed by atoms with van der Waals surface area (Å²) >= 11 is 0. The standard InChI is InChI=1S/C20H26O4/c1-19(2,3)13-7-11(15(21)9-17(13)23)12-8-14(20(4,5)6)18(24)10-16(12)22/h7-10,21-24H,1-6H3. The van der Waals surface area contributed by atoms with Crippen LogP contribution in [0, 0.1) is 0 Å². The van der Waals surface area contributed by atoms with Crippen molar-refractivity contribution in [3.8, 4) is 34.1 Å². The van der Waals surface area contributed by atoms with E-state index >= 15 is 0 Å². The van der Waals surface area contributed by atoms with Crippen LogP contribution in [0.15, 0.2) is 24.3 Å². The molecule has 0 fully saturated rings. The fraction of sp³-hybridized carbons (Fsp3) is 0.400.